The van der Waals surface area contributed by atoms with E-state index in [4.69, 9.17) is 18.9 Å². The standard InChI is InChI=1S/C24H32N6O6/c1-16-5-6-25-21(26-16)13-34-12-20-9-17(2)27-22(29-20)35-8-7-33-11-19-10-18(3)28-23(30-19)36-24(4,14-31)15-32/h5-6,9-10,31-32H,7-8,11-15H2,1-4H3. The Labute approximate surface area is 209 Å². The van der Waals surface area contributed by atoms with Gasteiger partial charge < -0.3 is 29.2 Å². The molecule has 0 unspecified atom stereocenters. The minimum absolute atomic E-state index is 0.0623. The van der Waals surface area contributed by atoms with Crippen molar-refractivity contribution in [2.75, 3.05) is 26.4 Å². The third-order valence-corrected chi connectivity index (χ3v) is 4.81. The molecule has 36 heavy (non-hydrogen) atoms. The van der Waals surface area contributed by atoms with Gasteiger partial charge in [0.05, 0.1) is 44.4 Å². The van der Waals surface area contributed by atoms with Crippen LogP contribution in [-0.2, 0) is 29.3 Å². The molecule has 0 fully saturated rings. The van der Waals surface area contributed by atoms with Gasteiger partial charge in [-0.1, -0.05) is 0 Å². The molecule has 0 atom stereocenters. The Balaban J connectivity index is 1.45. The number of hydrogen-bond acceptors (Lipinski definition) is 12. The van der Waals surface area contributed by atoms with E-state index in [1.165, 1.54) is 0 Å². The number of hydrogen-bond donors (Lipinski definition) is 2. The molecular formula is C24H32N6O6. The molecule has 0 aliphatic carbocycles. The molecule has 0 saturated carbocycles. The van der Waals surface area contributed by atoms with Gasteiger partial charge in [0, 0.05) is 23.3 Å². The van der Waals surface area contributed by atoms with Crippen LogP contribution in [0.25, 0.3) is 0 Å². The summed E-state index contributed by atoms with van der Waals surface area (Å²) in [6, 6.07) is 5.73. The van der Waals surface area contributed by atoms with E-state index in [2.05, 4.69) is 29.9 Å². The Morgan fingerprint density at radius 1 is 0.750 bits per heavy atom. The van der Waals surface area contributed by atoms with Gasteiger partial charge in [0.25, 0.3) is 0 Å². The third-order valence-electron chi connectivity index (χ3n) is 4.81. The summed E-state index contributed by atoms with van der Waals surface area (Å²) in [5, 5.41) is 18.8. The van der Waals surface area contributed by atoms with Gasteiger partial charge in [-0.3, -0.25) is 0 Å². The Hall–Kier alpha value is -3.32. The molecule has 0 bridgehead atoms. The molecule has 2 N–H and O–H groups in total. The molecule has 12 nitrogen and oxygen atoms in total. The maximum Gasteiger partial charge on any atom is 0.317 e. The van der Waals surface area contributed by atoms with Crippen LogP contribution >= 0.6 is 0 Å². The normalized spacial score (nSPS) is 11.5. The fourth-order valence-corrected chi connectivity index (χ4v) is 2.99. The molecule has 0 radical (unpaired) electrons. The van der Waals surface area contributed by atoms with Crippen LogP contribution in [0.3, 0.4) is 0 Å². The molecule has 0 aliphatic rings. The summed E-state index contributed by atoms with van der Waals surface area (Å²) in [5.74, 6) is 0.614. The fourth-order valence-electron chi connectivity index (χ4n) is 2.99. The molecule has 3 heterocycles. The highest BCUT2D eigenvalue weighted by Crippen LogP contribution is 2.15. The van der Waals surface area contributed by atoms with Gasteiger partial charge in [-0.25, -0.2) is 19.9 Å². The molecule has 12 heteroatoms. The van der Waals surface area contributed by atoms with Crippen LogP contribution in [0.2, 0.25) is 0 Å². The first kappa shape index (κ1) is 27.3. The summed E-state index contributed by atoms with van der Waals surface area (Å²) in [4.78, 5) is 25.6. The van der Waals surface area contributed by atoms with Crippen molar-refractivity contribution in [3.8, 4) is 12.0 Å². The minimum Gasteiger partial charge on any atom is -0.461 e. The van der Waals surface area contributed by atoms with Crippen LogP contribution in [0, 0.1) is 20.8 Å². The average Bonchev–Trinajstić information content (AvgIpc) is 2.83. The predicted octanol–water partition coefficient (Wildman–Crippen LogP) is 1.42. The zero-order chi connectivity index (χ0) is 26.0. The van der Waals surface area contributed by atoms with Gasteiger partial charge in [0.1, 0.15) is 13.2 Å². The first-order chi connectivity index (χ1) is 17.3. The van der Waals surface area contributed by atoms with Crippen LogP contribution in [0.1, 0.15) is 41.2 Å². The second-order valence-corrected chi connectivity index (χ2v) is 8.44. The van der Waals surface area contributed by atoms with Crippen molar-refractivity contribution in [2.45, 2.75) is 53.1 Å². The third kappa shape index (κ3) is 8.72. The zero-order valence-corrected chi connectivity index (χ0v) is 21.0. The first-order valence-electron chi connectivity index (χ1n) is 11.5. The van der Waals surface area contributed by atoms with E-state index in [1.54, 1.807) is 26.1 Å². The number of nitrogens with zero attached hydrogens (tertiary/aromatic N) is 6. The number of aliphatic hydroxyl groups is 2. The second-order valence-electron chi connectivity index (χ2n) is 8.44. The van der Waals surface area contributed by atoms with Crippen LogP contribution < -0.4 is 9.47 Å². The lowest BCUT2D eigenvalue weighted by atomic mass is 10.1. The van der Waals surface area contributed by atoms with E-state index in [0.29, 0.717) is 22.9 Å². The van der Waals surface area contributed by atoms with Crippen LogP contribution in [-0.4, -0.2) is 72.1 Å². The topological polar surface area (TPSA) is 155 Å². The van der Waals surface area contributed by atoms with Gasteiger partial charge in [-0.15, -0.1) is 0 Å². The fraction of sp³-hybridized carbons (Fsp3) is 0.500. The Morgan fingerprint density at radius 2 is 1.39 bits per heavy atom. The van der Waals surface area contributed by atoms with E-state index in [0.717, 1.165) is 11.4 Å². The van der Waals surface area contributed by atoms with E-state index in [1.807, 2.05) is 26.0 Å². The summed E-state index contributed by atoms with van der Waals surface area (Å²) in [6.45, 7) is 7.63. The van der Waals surface area contributed by atoms with Crippen LogP contribution in [0.5, 0.6) is 12.0 Å². The Kier molecular flexibility index (Phi) is 9.94. The highest BCUT2D eigenvalue weighted by Gasteiger charge is 2.26. The Morgan fingerprint density at radius 3 is 2.06 bits per heavy atom. The SMILES string of the molecule is Cc1ccnc(COCc2cc(C)nc(OCCOCc3cc(C)nc(OC(C)(CO)CO)n3)n2)n1. The molecular weight excluding hydrogens is 468 g/mol. The molecule has 0 saturated heterocycles. The molecule has 0 spiro atoms. The quantitative estimate of drug-likeness (QED) is 0.308. The van der Waals surface area contributed by atoms with Crippen molar-refractivity contribution < 1.29 is 29.2 Å². The molecule has 3 rings (SSSR count). The Bertz CT molecular complexity index is 1130. The van der Waals surface area contributed by atoms with Gasteiger partial charge in [0.15, 0.2) is 11.4 Å². The predicted molar refractivity (Wildman–Crippen MR) is 127 cm³/mol. The molecule has 0 amide bonds. The number of ether oxygens (including phenoxy) is 4. The lowest BCUT2D eigenvalue weighted by Crippen LogP contribution is -2.41. The largest absolute Gasteiger partial charge is 0.461 e. The van der Waals surface area contributed by atoms with Gasteiger partial charge in [-0.05, 0) is 45.9 Å². The van der Waals surface area contributed by atoms with E-state index >= 15 is 0 Å². The summed E-state index contributed by atoms with van der Waals surface area (Å²) in [6.07, 6.45) is 1.70. The number of aromatic nitrogens is 6. The minimum atomic E-state index is -1.17. The molecule has 0 aliphatic heterocycles. The number of aliphatic hydroxyl groups excluding tert-OH is 2. The van der Waals surface area contributed by atoms with E-state index < -0.39 is 5.60 Å². The van der Waals surface area contributed by atoms with Crippen molar-refractivity contribution in [3.05, 3.63) is 58.7 Å². The summed E-state index contributed by atoms with van der Waals surface area (Å²) < 4.78 is 22.5. The van der Waals surface area contributed by atoms with Gasteiger partial charge >= 0.3 is 12.0 Å². The van der Waals surface area contributed by atoms with Crippen molar-refractivity contribution in [1.82, 2.24) is 29.9 Å². The molecule has 3 aromatic rings. The highest BCUT2D eigenvalue weighted by molar-refractivity contribution is 5.13. The van der Waals surface area contributed by atoms with Crippen LogP contribution in [0.15, 0.2) is 24.4 Å². The van der Waals surface area contributed by atoms with Crippen molar-refractivity contribution in [2.24, 2.45) is 0 Å². The maximum atomic E-state index is 9.41. The monoisotopic (exact) mass is 500 g/mol. The summed E-state index contributed by atoms with van der Waals surface area (Å²) in [5.41, 5.74) is 2.42. The summed E-state index contributed by atoms with van der Waals surface area (Å²) >= 11 is 0. The van der Waals surface area contributed by atoms with E-state index in [9.17, 15) is 10.2 Å². The number of aryl methyl sites for hydroxylation is 3. The first-order valence-corrected chi connectivity index (χ1v) is 11.5. The van der Waals surface area contributed by atoms with Crippen molar-refractivity contribution in [1.29, 1.82) is 0 Å². The van der Waals surface area contributed by atoms with E-state index in [-0.39, 0.29) is 58.3 Å². The number of rotatable bonds is 14. The molecule has 0 aromatic carbocycles. The smallest absolute Gasteiger partial charge is 0.317 e. The zero-order valence-electron chi connectivity index (χ0n) is 21.0. The van der Waals surface area contributed by atoms with Crippen LogP contribution in [0.4, 0.5) is 0 Å². The average molecular weight is 501 g/mol. The maximum absolute atomic E-state index is 9.41. The van der Waals surface area contributed by atoms with Crippen molar-refractivity contribution >= 4 is 0 Å². The lowest BCUT2D eigenvalue weighted by molar-refractivity contribution is -0.0260. The second kappa shape index (κ2) is 13.1. The molecule has 194 valence electrons. The van der Waals surface area contributed by atoms with Gasteiger partial charge in [0.2, 0.25) is 0 Å². The van der Waals surface area contributed by atoms with Gasteiger partial charge in [-0.2, -0.15) is 9.97 Å². The summed E-state index contributed by atoms with van der Waals surface area (Å²) in [7, 11) is 0. The highest BCUT2D eigenvalue weighted by atomic mass is 16.5. The van der Waals surface area contributed by atoms with Crippen molar-refractivity contribution in [3.63, 3.8) is 0 Å². The molecule has 3 aromatic heterocycles. The lowest BCUT2D eigenvalue weighted by Gasteiger charge is -2.25.